The van der Waals surface area contributed by atoms with E-state index in [-0.39, 0.29) is 21.6 Å². The molecule has 2 heterocycles. The minimum Gasteiger partial charge on any atom is -0.386 e. The number of nitrogens with two attached hydrogens (primary N) is 1. The van der Waals surface area contributed by atoms with E-state index in [0.717, 1.165) is 0 Å². The number of fused-ring (bicyclic) bond motifs is 1. The zero-order valence-electron chi connectivity index (χ0n) is 15.7. The highest BCUT2D eigenvalue weighted by Crippen LogP contribution is 2.39. The zero-order chi connectivity index (χ0) is 22.3. The normalized spacial score (nSPS) is 21.0. The Labute approximate surface area is 175 Å². The summed E-state index contributed by atoms with van der Waals surface area (Å²) in [6.45, 7) is 0. The van der Waals surface area contributed by atoms with Gasteiger partial charge in [0.25, 0.3) is 11.6 Å². The Hall–Kier alpha value is -4.06. The molecule has 11 nitrogen and oxygen atoms in total. The van der Waals surface area contributed by atoms with Gasteiger partial charge in [-0.1, -0.05) is 30.3 Å². The second-order valence-corrected chi connectivity index (χ2v) is 8.76. The summed E-state index contributed by atoms with van der Waals surface area (Å²) in [6.07, 6.45) is -1.28. The molecule has 2 unspecified atom stereocenters. The third kappa shape index (κ3) is 3.32. The van der Waals surface area contributed by atoms with E-state index in [2.05, 4.69) is 10.3 Å². The maximum atomic E-state index is 13.5. The van der Waals surface area contributed by atoms with Crippen LogP contribution >= 0.6 is 0 Å². The number of amides is 3. The third-order valence-corrected chi connectivity index (χ3v) is 6.91. The average Bonchev–Trinajstić information content (AvgIpc) is 2.73. The van der Waals surface area contributed by atoms with Gasteiger partial charge in [0.05, 0.1) is 21.0 Å². The minimum absolute atomic E-state index is 0.103. The fraction of sp³-hybridized carbons (Fsp3) is 0.105. The molecule has 2 aliphatic heterocycles. The summed E-state index contributed by atoms with van der Waals surface area (Å²) in [7, 11) is -4.27. The lowest BCUT2D eigenvalue weighted by Gasteiger charge is -2.33. The van der Waals surface area contributed by atoms with Gasteiger partial charge in [-0.05, 0) is 18.2 Å². The standard InChI is InChI=1S/C19H15N5O6S/c20-16-15(31(29,30)10-6-2-1-3-7-10)13(11-8-4-5-9-12(11)24(27)28)14-17(21-16)22-19(26)23-18(14)25/h1-9,15,17H,(H2,20,21)(H2,22,23,25,26). The van der Waals surface area contributed by atoms with Crippen LogP contribution < -0.4 is 16.4 Å². The van der Waals surface area contributed by atoms with Crippen LogP contribution in [0.2, 0.25) is 0 Å². The molecule has 31 heavy (non-hydrogen) atoms. The number of amidine groups is 1. The maximum absolute atomic E-state index is 13.5. The van der Waals surface area contributed by atoms with Crippen molar-refractivity contribution >= 4 is 38.9 Å². The van der Waals surface area contributed by atoms with E-state index in [4.69, 9.17) is 5.73 Å². The van der Waals surface area contributed by atoms with Crippen LogP contribution in [0.5, 0.6) is 0 Å². The molecule has 4 rings (SSSR count). The third-order valence-electron chi connectivity index (χ3n) is 4.89. The summed E-state index contributed by atoms with van der Waals surface area (Å²) in [6, 6.07) is 11.9. The molecule has 4 N–H and O–H groups in total. The Bertz CT molecular complexity index is 1290. The largest absolute Gasteiger partial charge is 0.386 e. The number of hydrogen-bond donors (Lipinski definition) is 3. The van der Waals surface area contributed by atoms with Crippen molar-refractivity contribution in [2.75, 3.05) is 0 Å². The van der Waals surface area contributed by atoms with Crippen molar-refractivity contribution in [3.8, 4) is 0 Å². The van der Waals surface area contributed by atoms with E-state index < -0.39 is 49.6 Å². The van der Waals surface area contributed by atoms with Crippen molar-refractivity contribution in [1.29, 1.82) is 0 Å². The van der Waals surface area contributed by atoms with Crippen molar-refractivity contribution < 1.29 is 22.9 Å². The van der Waals surface area contributed by atoms with Crippen LogP contribution in [0.15, 0.2) is 70.1 Å². The Morgan fingerprint density at radius 3 is 2.32 bits per heavy atom. The first-order chi connectivity index (χ1) is 14.7. The van der Waals surface area contributed by atoms with E-state index in [0.29, 0.717) is 0 Å². The molecule has 0 radical (unpaired) electrons. The molecule has 2 atom stereocenters. The van der Waals surface area contributed by atoms with E-state index in [1.807, 2.05) is 5.32 Å². The molecule has 0 saturated carbocycles. The molecule has 0 aliphatic carbocycles. The predicted octanol–water partition coefficient (Wildman–Crippen LogP) is 0.727. The number of sulfone groups is 1. The van der Waals surface area contributed by atoms with E-state index in [1.54, 1.807) is 6.07 Å². The molecule has 12 heteroatoms. The van der Waals surface area contributed by atoms with E-state index >= 15 is 0 Å². The number of carbonyl (C=O) groups excluding carboxylic acids is 2. The number of aliphatic imine (C=N–C) groups is 1. The lowest BCUT2D eigenvalue weighted by Crippen LogP contribution is -2.57. The highest BCUT2D eigenvalue weighted by atomic mass is 32.2. The van der Waals surface area contributed by atoms with E-state index in [1.165, 1.54) is 48.5 Å². The lowest BCUT2D eigenvalue weighted by atomic mass is 9.90. The van der Waals surface area contributed by atoms with Gasteiger partial charge in [-0.25, -0.2) is 18.2 Å². The maximum Gasteiger partial charge on any atom is 0.323 e. The smallest absolute Gasteiger partial charge is 0.323 e. The Balaban J connectivity index is 2.05. The van der Waals surface area contributed by atoms with Crippen LogP contribution in [0.1, 0.15) is 5.56 Å². The van der Waals surface area contributed by atoms with Crippen LogP contribution in [0.4, 0.5) is 10.5 Å². The first-order valence-electron chi connectivity index (χ1n) is 8.93. The number of nitro benzene ring substituents is 1. The van der Waals surface area contributed by atoms with Crippen molar-refractivity contribution in [3.05, 3.63) is 75.8 Å². The number of para-hydroxylation sites is 1. The Morgan fingerprint density at radius 1 is 1.00 bits per heavy atom. The average molecular weight is 441 g/mol. The molecule has 1 fully saturated rings. The fourth-order valence-electron chi connectivity index (χ4n) is 3.61. The van der Waals surface area contributed by atoms with Gasteiger partial charge in [0.15, 0.2) is 16.0 Å². The van der Waals surface area contributed by atoms with Gasteiger partial charge in [0.2, 0.25) is 0 Å². The summed E-state index contributed by atoms with van der Waals surface area (Å²) in [5, 5.41) is 14.4. The number of benzene rings is 2. The molecule has 0 bridgehead atoms. The number of rotatable bonds is 4. The molecule has 2 aliphatic rings. The SMILES string of the molecule is NC1=NC2NC(=O)NC(=O)C2=C(c2ccccc2[N+](=O)[O-])C1S(=O)(=O)c1ccccc1. The van der Waals surface area contributed by atoms with Crippen molar-refractivity contribution in [3.63, 3.8) is 0 Å². The number of nitrogens with zero attached hydrogens (tertiary/aromatic N) is 2. The summed E-state index contributed by atoms with van der Waals surface area (Å²) in [4.78, 5) is 39.4. The first kappa shape index (κ1) is 20.2. The van der Waals surface area contributed by atoms with Gasteiger partial charge in [-0.3, -0.25) is 20.2 Å². The van der Waals surface area contributed by atoms with Gasteiger partial charge in [-0.15, -0.1) is 0 Å². The summed E-state index contributed by atoms with van der Waals surface area (Å²) in [5.41, 5.74) is 5.08. The number of dihydropyridines is 1. The fourth-order valence-corrected chi connectivity index (χ4v) is 5.36. The van der Waals surface area contributed by atoms with Crippen molar-refractivity contribution in [2.45, 2.75) is 16.3 Å². The highest BCUT2D eigenvalue weighted by Gasteiger charge is 2.46. The van der Waals surface area contributed by atoms with Crippen LogP contribution in [-0.4, -0.2) is 42.5 Å². The molecule has 2 aromatic rings. The molecular weight excluding hydrogens is 426 g/mol. The van der Waals surface area contributed by atoms with Gasteiger partial charge < -0.3 is 11.1 Å². The molecule has 3 amide bonds. The second kappa shape index (κ2) is 7.32. The Kier molecular flexibility index (Phi) is 4.78. The molecular formula is C19H15N5O6S. The molecule has 0 aromatic heterocycles. The van der Waals surface area contributed by atoms with E-state index in [9.17, 15) is 28.1 Å². The van der Waals surface area contributed by atoms with Gasteiger partial charge in [0, 0.05) is 11.6 Å². The summed E-state index contributed by atoms with van der Waals surface area (Å²) < 4.78 is 27.0. The summed E-state index contributed by atoms with van der Waals surface area (Å²) in [5.74, 6) is -1.31. The predicted molar refractivity (Wildman–Crippen MR) is 110 cm³/mol. The monoisotopic (exact) mass is 441 g/mol. The first-order valence-corrected chi connectivity index (χ1v) is 10.5. The second-order valence-electron chi connectivity index (χ2n) is 6.72. The quantitative estimate of drug-likeness (QED) is 0.463. The number of imide groups is 1. The lowest BCUT2D eigenvalue weighted by molar-refractivity contribution is -0.385. The topological polar surface area (TPSA) is 174 Å². The van der Waals surface area contributed by atoms with Gasteiger partial charge >= 0.3 is 6.03 Å². The van der Waals surface area contributed by atoms with Gasteiger partial charge in [0.1, 0.15) is 11.1 Å². The van der Waals surface area contributed by atoms with Crippen molar-refractivity contribution in [1.82, 2.24) is 10.6 Å². The minimum atomic E-state index is -4.27. The number of nitro groups is 1. The Morgan fingerprint density at radius 2 is 1.65 bits per heavy atom. The van der Waals surface area contributed by atoms with Gasteiger partial charge in [-0.2, -0.15) is 0 Å². The number of urea groups is 1. The van der Waals surface area contributed by atoms with Crippen molar-refractivity contribution in [2.24, 2.45) is 10.7 Å². The summed E-state index contributed by atoms with van der Waals surface area (Å²) >= 11 is 0. The van der Waals surface area contributed by atoms with Crippen LogP contribution in [0, 0.1) is 10.1 Å². The molecule has 1 saturated heterocycles. The highest BCUT2D eigenvalue weighted by molar-refractivity contribution is 7.93. The van der Waals surface area contributed by atoms with Crippen LogP contribution in [0.3, 0.4) is 0 Å². The molecule has 158 valence electrons. The zero-order valence-corrected chi connectivity index (χ0v) is 16.5. The number of hydrogen-bond acceptors (Lipinski definition) is 8. The molecule has 2 aromatic carbocycles. The number of nitrogens with one attached hydrogen (secondary N) is 2. The molecule has 0 spiro atoms. The van der Waals surface area contributed by atoms with Crippen LogP contribution in [-0.2, 0) is 14.6 Å². The van der Waals surface area contributed by atoms with Crippen LogP contribution in [0.25, 0.3) is 5.57 Å². The number of carbonyl (C=O) groups is 2.